The molecule has 0 spiro atoms. The molecule has 0 radical (unpaired) electrons. The lowest BCUT2D eigenvalue weighted by Crippen LogP contribution is -2.54. The van der Waals surface area contributed by atoms with Crippen molar-refractivity contribution in [3.05, 3.63) is 35.9 Å². The first-order valence-electron chi connectivity index (χ1n) is 8.78. The van der Waals surface area contributed by atoms with Gasteiger partial charge in [-0.05, 0) is 44.3 Å². The molecule has 0 atom stereocenters. The standard InChI is InChI=1S/C19H28N2O/c1-21(18(22)16-8-4-2-5-9-16)19(12-14-20-15-13-19)17-10-6-3-7-11-17/h3,6-7,10-11,16,20H,2,4-5,8-9,12-15H2,1H3. The number of amides is 1. The van der Waals surface area contributed by atoms with Gasteiger partial charge in [-0.2, -0.15) is 0 Å². The van der Waals surface area contributed by atoms with Crippen LogP contribution in [0.4, 0.5) is 0 Å². The minimum atomic E-state index is -0.124. The fourth-order valence-electron chi connectivity index (χ4n) is 4.24. The summed E-state index contributed by atoms with van der Waals surface area (Å²) in [5.74, 6) is 0.611. The largest absolute Gasteiger partial charge is 0.336 e. The zero-order valence-electron chi connectivity index (χ0n) is 13.7. The average molecular weight is 300 g/mol. The van der Waals surface area contributed by atoms with Crippen LogP contribution < -0.4 is 5.32 Å². The quantitative estimate of drug-likeness (QED) is 0.929. The Labute approximate surface area is 134 Å². The molecule has 0 unspecified atom stereocenters. The summed E-state index contributed by atoms with van der Waals surface area (Å²) in [5, 5.41) is 3.44. The molecule has 3 heteroatoms. The van der Waals surface area contributed by atoms with Gasteiger partial charge in [0.05, 0.1) is 5.54 Å². The van der Waals surface area contributed by atoms with E-state index in [9.17, 15) is 4.79 Å². The van der Waals surface area contributed by atoms with Crippen LogP contribution in [0, 0.1) is 5.92 Å². The third-order valence-corrected chi connectivity index (χ3v) is 5.67. The molecule has 1 aromatic rings. The van der Waals surface area contributed by atoms with Gasteiger partial charge in [-0.25, -0.2) is 0 Å². The van der Waals surface area contributed by atoms with E-state index < -0.39 is 0 Å². The van der Waals surface area contributed by atoms with Crippen molar-refractivity contribution in [1.29, 1.82) is 0 Å². The lowest BCUT2D eigenvalue weighted by Gasteiger charge is -2.46. The maximum absolute atomic E-state index is 13.1. The van der Waals surface area contributed by atoms with Gasteiger partial charge in [0.2, 0.25) is 5.91 Å². The van der Waals surface area contributed by atoms with Crippen LogP contribution in [0.2, 0.25) is 0 Å². The van der Waals surface area contributed by atoms with Gasteiger partial charge >= 0.3 is 0 Å². The molecule has 1 heterocycles. The van der Waals surface area contributed by atoms with Crippen LogP contribution in [-0.2, 0) is 10.3 Å². The van der Waals surface area contributed by atoms with E-state index in [0.29, 0.717) is 5.91 Å². The number of carbonyl (C=O) groups is 1. The molecule has 1 saturated heterocycles. The van der Waals surface area contributed by atoms with Crippen molar-refractivity contribution in [1.82, 2.24) is 10.2 Å². The van der Waals surface area contributed by atoms with Gasteiger partial charge in [0.15, 0.2) is 0 Å². The second-order valence-electron chi connectivity index (χ2n) is 6.88. The van der Waals surface area contributed by atoms with Crippen LogP contribution in [0.1, 0.15) is 50.5 Å². The Hall–Kier alpha value is -1.35. The van der Waals surface area contributed by atoms with Crippen molar-refractivity contribution < 1.29 is 4.79 Å². The van der Waals surface area contributed by atoms with Crippen molar-refractivity contribution in [2.75, 3.05) is 20.1 Å². The zero-order chi connectivity index (χ0) is 15.4. The van der Waals surface area contributed by atoms with Crippen molar-refractivity contribution >= 4 is 5.91 Å². The number of rotatable bonds is 3. The number of hydrogen-bond donors (Lipinski definition) is 1. The molecule has 1 aliphatic heterocycles. The summed E-state index contributed by atoms with van der Waals surface area (Å²) in [4.78, 5) is 15.2. The number of nitrogens with one attached hydrogen (secondary N) is 1. The van der Waals surface area contributed by atoms with Crippen molar-refractivity contribution in [2.45, 2.75) is 50.5 Å². The molecule has 1 aromatic carbocycles. The molecule has 1 N–H and O–H groups in total. The van der Waals surface area contributed by atoms with Gasteiger partial charge in [0, 0.05) is 13.0 Å². The summed E-state index contributed by atoms with van der Waals surface area (Å²) < 4.78 is 0. The Morgan fingerprint density at radius 3 is 2.36 bits per heavy atom. The van der Waals surface area contributed by atoms with Crippen LogP contribution >= 0.6 is 0 Å². The number of benzene rings is 1. The van der Waals surface area contributed by atoms with Crippen LogP contribution in [0.25, 0.3) is 0 Å². The summed E-state index contributed by atoms with van der Waals surface area (Å²) in [5.41, 5.74) is 1.17. The predicted octanol–water partition coefficient (Wildman–Crippen LogP) is 3.30. The highest BCUT2D eigenvalue weighted by molar-refractivity contribution is 5.79. The molecule has 3 rings (SSSR count). The molecular formula is C19H28N2O. The highest BCUT2D eigenvalue weighted by Crippen LogP contribution is 2.38. The first kappa shape index (κ1) is 15.5. The number of hydrogen-bond acceptors (Lipinski definition) is 2. The summed E-state index contributed by atoms with van der Waals surface area (Å²) in [7, 11) is 2.04. The predicted molar refractivity (Wildman–Crippen MR) is 89.6 cm³/mol. The van der Waals surface area contributed by atoms with Gasteiger partial charge < -0.3 is 10.2 Å². The van der Waals surface area contributed by atoms with E-state index in [1.807, 2.05) is 7.05 Å². The normalized spacial score (nSPS) is 22.2. The Morgan fingerprint density at radius 1 is 1.09 bits per heavy atom. The monoisotopic (exact) mass is 300 g/mol. The molecular weight excluding hydrogens is 272 g/mol. The summed E-state index contributed by atoms with van der Waals surface area (Å²) in [6, 6.07) is 10.6. The van der Waals surface area contributed by atoms with Crippen LogP contribution in [0.15, 0.2) is 30.3 Å². The SMILES string of the molecule is CN(C(=O)C1CCCCC1)C1(c2ccccc2)CCNCC1. The van der Waals surface area contributed by atoms with E-state index in [1.54, 1.807) is 0 Å². The Kier molecular flexibility index (Phi) is 4.82. The van der Waals surface area contributed by atoms with E-state index >= 15 is 0 Å². The minimum absolute atomic E-state index is 0.124. The van der Waals surface area contributed by atoms with Gasteiger partial charge in [0.1, 0.15) is 0 Å². The first-order chi connectivity index (χ1) is 10.7. The third kappa shape index (κ3) is 2.91. The van der Waals surface area contributed by atoms with E-state index in [-0.39, 0.29) is 11.5 Å². The van der Waals surface area contributed by atoms with E-state index in [0.717, 1.165) is 38.8 Å². The molecule has 22 heavy (non-hydrogen) atoms. The number of piperidine rings is 1. The van der Waals surface area contributed by atoms with Crippen LogP contribution in [-0.4, -0.2) is 30.9 Å². The summed E-state index contributed by atoms with van der Waals surface area (Å²) >= 11 is 0. The van der Waals surface area contributed by atoms with E-state index in [2.05, 4.69) is 40.5 Å². The van der Waals surface area contributed by atoms with Crippen molar-refractivity contribution in [3.63, 3.8) is 0 Å². The van der Waals surface area contributed by atoms with Gasteiger partial charge in [-0.1, -0.05) is 49.6 Å². The van der Waals surface area contributed by atoms with Crippen molar-refractivity contribution in [3.8, 4) is 0 Å². The van der Waals surface area contributed by atoms with Gasteiger partial charge in [0.25, 0.3) is 0 Å². The second-order valence-corrected chi connectivity index (χ2v) is 6.88. The maximum atomic E-state index is 13.1. The third-order valence-electron chi connectivity index (χ3n) is 5.67. The van der Waals surface area contributed by atoms with Crippen LogP contribution in [0.5, 0.6) is 0 Å². The molecule has 2 aliphatic rings. The molecule has 1 aliphatic carbocycles. The summed E-state index contributed by atoms with van der Waals surface area (Å²) in [6.07, 6.45) is 7.88. The van der Waals surface area contributed by atoms with Crippen molar-refractivity contribution in [2.24, 2.45) is 5.92 Å². The fourth-order valence-corrected chi connectivity index (χ4v) is 4.24. The summed E-state index contributed by atoms with van der Waals surface area (Å²) in [6.45, 7) is 1.97. The smallest absolute Gasteiger partial charge is 0.226 e. The molecule has 1 saturated carbocycles. The van der Waals surface area contributed by atoms with E-state index in [1.165, 1.54) is 24.8 Å². The molecule has 0 bridgehead atoms. The van der Waals surface area contributed by atoms with E-state index in [4.69, 9.17) is 0 Å². The Balaban J connectivity index is 1.86. The molecule has 1 amide bonds. The fraction of sp³-hybridized carbons (Fsp3) is 0.632. The second kappa shape index (κ2) is 6.82. The first-order valence-corrected chi connectivity index (χ1v) is 8.78. The molecule has 120 valence electrons. The highest BCUT2D eigenvalue weighted by atomic mass is 16.2. The molecule has 2 fully saturated rings. The van der Waals surface area contributed by atoms with Crippen LogP contribution in [0.3, 0.4) is 0 Å². The lowest BCUT2D eigenvalue weighted by atomic mass is 9.78. The van der Waals surface area contributed by atoms with Gasteiger partial charge in [-0.15, -0.1) is 0 Å². The Morgan fingerprint density at radius 2 is 1.73 bits per heavy atom. The maximum Gasteiger partial charge on any atom is 0.226 e. The lowest BCUT2D eigenvalue weighted by molar-refractivity contribution is -0.143. The highest BCUT2D eigenvalue weighted by Gasteiger charge is 2.41. The molecule has 0 aromatic heterocycles. The Bertz CT molecular complexity index is 487. The number of carbonyl (C=O) groups excluding carboxylic acids is 1. The average Bonchev–Trinajstić information content (AvgIpc) is 2.62. The number of nitrogens with zero attached hydrogens (tertiary/aromatic N) is 1. The molecule has 3 nitrogen and oxygen atoms in total. The zero-order valence-corrected chi connectivity index (χ0v) is 13.7. The van der Waals surface area contributed by atoms with Gasteiger partial charge in [-0.3, -0.25) is 4.79 Å². The topological polar surface area (TPSA) is 32.3 Å². The minimum Gasteiger partial charge on any atom is -0.336 e.